The van der Waals surface area contributed by atoms with Crippen molar-refractivity contribution in [2.24, 2.45) is 5.73 Å². The van der Waals surface area contributed by atoms with Crippen molar-refractivity contribution in [2.75, 3.05) is 6.54 Å². The smallest absolute Gasteiger partial charge is 0.326 e. The first-order valence-electron chi connectivity index (χ1n) is 4.70. The number of carbonyl (C=O) groups is 2. The first-order chi connectivity index (χ1) is 7.19. The summed E-state index contributed by atoms with van der Waals surface area (Å²) in [5.74, 6) is -1.05. The number of carbonyl (C=O) groups excluding carboxylic acids is 2. The van der Waals surface area contributed by atoms with Gasteiger partial charge in [-0.3, -0.25) is 9.59 Å². The third kappa shape index (κ3) is 1.43. The summed E-state index contributed by atoms with van der Waals surface area (Å²) in [5.41, 5.74) is 5.37. The molecule has 2 rings (SSSR count). The molecule has 78 valence electrons. The lowest BCUT2D eigenvalue weighted by atomic mass is 9.79. The summed E-state index contributed by atoms with van der Waals surface area (Å²) in [6, 6.07) is 9.03. The number of esters is 2. The minimum atomic E-state index is -0.974. The number of rotatable bonds is 2. The molecule has 1 atom stereocenters. The predicted molar refractivity (Wildman–Crippen MR) is 52.9 cm³/mol. The Labute approximate surface area is 87.0 Å². The van der Waals surface area contributed by atoms with E-state index in [9.17, 15) is 9.59 Å². The van der Waals surface area contributed by atoms with Gasteiger partial charge in [0.15, 0.2) is 0 Å². The van der Waals surface area contributed by atoms with Gasteiger partial charge in [-0.15, -0.1) is 0 Å². The maximum Gasteiger partial charge on any atom is 0.326 e. The SMILES string of the molecule is NCC1(c2ccccc2)CC(=O)OC1=O. The van der Waals surface area contributed by atoms with Crippen LogP contribution in [0.4, 0.5) is 0 Å². The second-order valence-electron chi connectivity index (χ2n) is 3.59. The number of hydrogen-bond donors (Lipinski definition) is 1. The van der Waals surface area contributed by atoms with E-state index in [1.54, 1.807) is 12.1 Å². The summed E-state index contributed by atoms with van der Waals surface area (Å²) in [5, 5.41) is 0. The van der Waals surface area contributed by atoms with Gasteiger partial charge in [-0.2, -0.15) is 0 Å². The van der Waals surface area contributed by atoms with Crippen molar-refractivity contribution in [1.82, 2.24) is 0 Å². The zero-order chi connectivity index (χ0) is 10.9. The fourth-order valence-electron chi connectivity index (χ4n) is 1.81. The van der Waals surface area contributed by atoms with E-state index in [1.165, 1.54) is 0 Å². The van der Waals surface area contributed by atoms with Crippen LogP contribution in [0.25, 0.3) is 0 Å². The van der Waals surface area contributed by atoms with Crippen LogP contribution < -0.4 is 5.73 Å². The molecular weight excluding hydrogens is 194 g/mol. The molecule has 1 unspecified atom stereocenters. The van der Waals surface area contributed by atoms with E-state index in [-0.39, 0.29) is 13.0 Å². The molecule has 1 aromatic rings. The lowest BCUT2D eigenvalue weighted by molar-refractivity contribution is -0.153. The maximum absolute atomic E-state index is 11.6. The van der Waals surface area contributed by atoms with E-state index < -0.39 is 17.4 Å². The Hall–Kier alpha value is -1.68. The monoisotopic (exact) mass is 205 g/mol. The van der Waals surface area contributed by atoms with Gasteiger partial charge in [0.05, 0.1) is 6.42 Å². The lowest BCUT2D eigenvalue weighted by Crippen LogP contribution is -2.39. The molecule has 1 aromatic carbocycles. The van der Waals surface area contributed by atoms with Crippen molar-refractivity contribution in [1.29, 1.82) is 0 Å². The maximum atomic E-state index is 11.6. The van der Waals surface area contributed by atoms with Crippen LogP contribution in [0.1, 0.15) is 12.0 Å². The molecule has 2 N–H and O–H groups in total. The molecule has 4 heteroatoms. The molecule has 1 heterocycles. The fourth-order valence-corrected chi connectivity index (χ4v) is 1.81. The summed E-state index contributed by atoms with van der Waals surface area (Å²) in [6.07, 6.45) is 0.0341. The van der Waals surface area contributed by atoms with Crippen LogP contribution in [0.5, 0.6) is 0 Å². The molecule has 1 fully saturated rings. The summed E-state index contributed by atoms with van der Waals surface area (Å²) in [4.78, 5) is 22.7. The summed E-state index contributed by atoms with van der Waals surface area (Å²) in [7, 11) is 0. The summed E-state index contributed by atoms with van der Waals surface area (Å²) in [6.45, 7) is 0.0849. The van der Waals surface area contributed by atoms with E-state index in [1.807, 2.05) is 18.2 Å². The van der Waals surface area contributed by atoms with E-state index in [4.69, 9.17) is 5.73 Å². The molecular formula is C11H11NO3. The van der Waals surface area contributed by atoms with Gasteiger partial charge >= 0.3 is 11.9 Å². The summed E-state index contributed by atoms with van der Waals surface area (Å²) < 4.78 is 4.56. The third-order valence-corrected chi connectivity index (χ3v) is 2.72. The largest absolute Gasteiger partial charge is 0.392 e. The zero-order valence-electron chi connectivity index (χ0n) is 8.10. The minimum Gasteiger partial charge on any atom is -0.392 e. The molecule has 0 radical (unpaired) electrons. The third-order valence-electron chi connectivity index (χ3n) is 2.72. The van der Waals surface area contributed by atoms with Crippen molar-refractivity contribution in [3.8, 4) is 0 Å². The van der Waals surface area contributed by atoms with Crippen LogP contribution in [0, 0.1) is 0 Å². The van der Waals surface area contributed by atoms with Crippen LogP contribution in [0.15, 0.2) is 30.3 Å². The Morgan fingerprint density at radius 3 is 2.40 bits per heavy atom. The average Bonchev–Trinajstić information content (AvgIpc) is 2.56. The van der Waals surface area contributed by atoms with E-state index in [0.717, 1.165) is 5.56 Å². The van der Waals surface area contributed by atoms with Crippen molar-refractivity contribution in [2.45, 2.75) is 11.8 Å². The molecule has 0 spiro atoms. The highest BCUT2D eigenvalue weighted by atomic mass is 16.6. The van der Waals surface area contributed by atoms with Gasteiger partial charge in [-0.05, 0) is 5.56 Å². The Kier molecular flexibility index (Phi) is 2.28. The van der Waals surface area contributed by atoms with E-state index in [2.05, 4.69) is 4.74 Å². The zero-order valence-corrected chi connectivity index (χ0v) is 8.10. The molecule has 0 saturated carbocycles. The quantitative estimate of drug-likeness (QED) is 0.559. The molecule has 1 aliphatic heterocycles. The number of nitrogens with two attached hydrogens (primary N) is 1. The van der Waals surface area contributed by atoms with Crippen LogP contribution in [-0.4, -0.2) is 18.5 Å². The Morgan fingerprint density at radius 1 is 1.27 bits per heavy atom. The number of ether oxygens (including phenoxy) is 1. The number of hydrogen-bond acceptors (Lipinski definition) is 4. The highest BCUT2D eigenvalue weighted by Crippen LogP contribution is 2.33. The highest BCUT2D eigenvalue weighted by molar-refractivity contribution is 6.01. The van der Waals surface area contributed by atoms with Crippen molar-refractivity contribution >= 4 is 11.9 Å². The predicted octanol–water partition coefficient (Wildman–Crippen LogP) is 0.357. The second kappa shape index (κ2) is 3.47. The molecule has 4 nitrogen and oxygen atoms in total. The fraction of sp³-hybridized carbons (Fsp3) is 0.273. The Balaban J connectivity index is 2.47. The van der Waals surface area contributed by atoms with Crippen LogP contribution in [0.2, 0.25) is 0 Å². The minimum absolute atomic E-state index is 0.0341. The Bertz CT molecular complexity index is 402. The normalized spacial score (nSPS) is 25.4. The molecule has 1 aliphatic rings. The molecule has 15 heavy (non-hydrogen) atoms. The van der Waals surface area contributed by atoms with Gasteiger partial charge in [-0.1, -0.05) is 30.3 Å². The van der Waals surface area contributed by atoms with Gasteiger partial charge in [0, 0.05) is 6.54 Å². The average molecular weight is 205 g/mol. The highest BCUT2D eigenvalue weighted by Gasteiger charge is 2.49. The van der Waals surface area contributed by atoms with Crippen LogP contribution in [0.3, 0.4) is 0 Å². The van der Waals surface area contributed by atoms with Gasteiger partial charge in [-0.25, -0.2) is 0 Å². The summed E-state index contributed by atoms with van der Waals surface area (Å²) >= 11 is 0. The lowest BCUT2D eigenvalue weighted by Gasteiger charge is -2.21. The van der Waals surface area contributed by atoms with E-state index in [0.29, 0.717) is 0 Å². The van der Waals surface area contributed by atoms with Gasteiger partial charge in [0.2, 0.25) is 0 Å². The molecule has 0 bridgehead atoms. The first kappa shape index (κ1) is 9.86. The van der Waals surface area contributed by atoms with E-state index >= 15 is 0 Å². The van der Waals surface area contributed by atoms with Crippen molar-refractivity contribution < 1.29 is 14.3 Å². The second-order valence-corrected chi connectivity index (χ2v) is 3.59. The first-order valence-corrected chi connectivity index (χ1v) is 4.70. The van der Waals surface area contributed by atoms with Gasteiger partial charge in [0.25, 0.3) is 0 Å². The molecule has 0 aliphatic carbocycles. The van der Waals surface area contributed by atoms with Crippen LogP contribution in [-0.2, 0) is 19.7 Å². The molecule has 0 aromatic heterocycles. The van der Waals surface area contributed by atoms with Crippen LogP contribution >= 0.6 is 0 Å². The van der Waals surface area contributed by atoms with Gasteiger partial charge in [0.1, 0.15) is 5.41 Å². The Morgan fingerprint density at radius 2 is 1.93 bits per heavy atom. The topological polar surface area (TPSA) is 69.4 Å². The number of cyclic esters (lactones) is 2. The molecule has 0 amide bonds. The van der Waals surface area contributed by atoms with Crippen molar-refractivity contribution in [3.05, 3.63) is 35.9 Å². The van der Waals surface area contributed by atoms with Crippen molar-refractivity contribution in [3.63, 3.8) is 0 Å². The molecule has 1 saturated heterocycles. The van der Waals surface area contributed by atoms with Gasteiger partial charge < -0.3 is 10.5 Å². The number of benzene rings is 1. The standard InChI is InChI=1S/C11H11NO3/c12-7-11(6-9(13)15-10(11)14)8-4-2-1-3-5-8/h1-5H,6-7,12H2.